The molecule has 1 heterocycles. The molecule has 0 saturated carbocycles. The Kier molecular flexibility index (Phi) is 4.04. The lowest BCUT2D eigenvalue weighted by Crippen LogP contribution is -2.04. The number of carbonyl (C=O) groups is 1. The third kappa shape index (κ3) is 3.79. The molecular formula is C14H14O2S. The Bertz CT molecular complexity index is 489. The maximum Gasteiger partial charge on any atom is 0.147 e. The highest BCUT2D eigenvalue weighted by molar-refractivity contribution is 8.00. The van der Waals surface area contributed by atoms with E-state index in [0.29, 0.717) is 12.2 Å². The summed E-state index contributed by atoms with van der Waals surface area (Å²) in [7, 11) is 0. The first-order valence-corrected chi connectivity index (χ1v) is 6.45. The fraction of sp³-hybridized carbons (Fsp3) is 0.214. The van der Waals surface area contributed by atoms with E-state index in [9.17, 15) is 4.79 Å². The number of aryl methyl sites for hydroxylation is 1. The number of carbonyl (C=O) groups excluding carboxylic acids is 1. The summed E-state index contributed by atoms with van der Waals surface area (Å²) in [5.41, 5.74) is 2.16. The van der Waals surface area contributed by atoms with Crippen molar-refractivity contribution in [3.63, 3.8) is 0 Å². The van der Waals surface area contributed by atoms with Crippen molar-refractivity contribution in [2.45, 2.75) is 18.2 Å². The molecule has 0 unspecified atom stereocenters. The summed E-state index contributed by atoms with van der Waals surface area (Å²) in [6.07, 6.45) is 3.67. The Labute approximate surface area is 105 Å². The number of hydrogen-bond acceptors (Lipinski definition) is 3. The highest BCUT2D eigenvalue weighted by atomic mass is 32.2. The molecule has 0 aliphatic rings. The smallest absolute Gasteiger partial charge is 0.147 e. The lowest BCUT2D eigenvalue weighted by atomic mass is 10.2. The maximum absolute atomic E-state index is 11.7. The van der Waals surface area contributed by atoms with Crippen LogP contribution in [0.4, 0.5) is 0 Å². The summed E-state index contributed by atoms with van der Waals surface area (Å²) in [5, 5.41) is 0. The van der Waals surface area contributed by atoms with Gasteiger partial charge in [-0.2, -0.15) is 0 Å². The van der Waals surface area contributed by atoms with Crippen LogP contribution in [0.15, 0.2) is 52.2 Å². The zero-order chi connectivity index (χ0) is 12.1. The number of rotatable bonds is 5. The van der Waals surface area contributed by atoms with Gasteiger partial charge in [-0.3, -0.25) is 4.79 Å². The highest BCUT2D eigenvalue weighted by Gasteiger charge is 2.05. The minimum Gasteiger partial charge on any atom is -0.472 e. The summed E-state index contributed by atoms with van der Waals surface area (Å²) in [4.78, 5) is 12.9. The van der Waals surface area contributed by atoms with Crippen LogP contribution in [0.2, 0.25) is 0 Å². The van der Waals surface area contributed by atoms with Gasteiger partial charge in [-0.15, -0.1) is 11.8 Å². The van der Waals surface area contributed by atoms with Gasteiger partial charge in [0, 0.05) is 11.3 Å². The third-order valence-corrected chi connectivity index (χ3v) is 3.42. The highest BCUT2D eigenvalue weighted by Crippen LogP contribution is 2.19. The second kappa shape index (κ2) is 5.73. The van der Waals surface area contributed by atoms with Crippen LogP contribution in [0, 0.1) is 6.92 Å². The molecule has 0 fully saturated rings. The molecule has 3 heteroatoms. The predicted molar refractivity (Wildman–Crippen MR) is 69.3 cm³/mol. The Morgan fingerprint density at radius 3 is 2.94 bits per heavy atom. The van der Waals surface area contributed by atoms with E-state index < -0.39 is 0 Å². The van der Waals surface area contributed by atoms with Gasteiger partial charge < -0.3 is 4.42 Å². The van der Waals surface area contributed by atoms with Crippen molar-refractivity contribution in [1.82, 2.24) is 0 Å². The summed E-state index contributed by atoms with van der Waals surface area (Å²) < 4.78 is 4.93. The molecule has 2 rings (SSSR count). The van der Waals surface area contributed by atoms with Crippen LogP contribution >= 0.6 is 11.8 Å². The fourth-order valence-corrected chi connectivity index (χ4v) is 2.41. The standard InChI is InChI=1S/C14H14O2S/c1-11-3-2-4-14(7-11)17-10-13(15)8-12-5-6-16-9-12/h2-7,9H,8,10H2,1H3. The first-order chi connectivity index (χ1) is 8.24. The molecule has 88 valence electrons. The molecule has 0 aliphatic heterocycles. The van der Waals surface area contributed by atoms with Gasteiger partial charge in [-0.1, -0.05) is 17.7 Å². The SMILES string of the molecule is Cc1cccc(SCC(=O)Cc2ccoc2)c1. The molecule has 0 bridgehead atoms. The van der Waals surface area contributed by atoms with Crippen LogP contribution in [-0.4, -0.2) is 11.5 Å². The lowest BCUT2D eigenvalue weighted by Gasteiger charge is -2.01. The average molecular weight is 246 g/mol. The molecule has 1 aromatic carbocycles. The Morgan fingerprint density at radius 2 is 2.24 bits per heavy atom. The number of benzene rings is 1. The first-order valence-electron chi connectivity index (χ1n) is 5.46. The molecule has 0 N–H and O–H groups in total. The van der Waals surface area contributed by atoms with Gasteiger partial charge in [0.2, 0.25) is 0 Å². The van der Waals surface area contributed by atoms with Crippen molar-refractivity contribution in [2.75, 3.05) is 5.75 Å². The van der Waals surface area contributed by atoms with Crippen molar-refractivity contribution in [1.29, 1.82) is 0 Å². The van der Waals surface area contributed by atoms with E-state index in [1.165, 1.54) is 5.56 Å². The lowest BCUT2D eigenvalue weighted by molar-refractivity contribution is -0.116. The zero-order valence-electron chi connectivity index (χ0n) is 9.68. The monoisotopic (exact) mass is 246 g/mol. The van der Waals surface area contributed by atoms with Crippen molar-refractivity contribution in [3.8, 4) is 0 Å². The molecule has 0 spiro atoms. The number of furan rings is 1. The Morgan fingerprint density at radius 1 is 1.35 bits per heavy atom. The molecule has 0 radical (unpaired) electrons. The van der Waals surface area contributed by atoms with Crippen LogP contribution in [-0.2, 0) is 11.2 Å². The van der Waals surface area contributed by atoms with E-state index in [0.717, 1.165) is 10.5 Å². The van der Waals surface area contributed by atoms with Gasteiger partial charge in [0.05, 0.1) is 18.3 Å². The van der Waals surface area contributed by atoms with E-state index in [1.807, 2.05) is 18.2 Å². The number of thioether (sulfide) groups is 1. The van der Waals surface area contributed by atoms with E-state index in [-0.39, 0.29) is 5.78 Å². The van der Waals surface area contributed by atoms with E-state index in [4.69, 9.17) is 4.42 Å². The van der Waals surface area contributed by atoms with Crippen LogP contribution < -0.4 is 0 Å². The van der Waals surface area contributed by atoms with Gasteiger partial charge in [0.15, 0.2) is 0 Å². The average Bonchev–Trinajstić information content (AvgIpc) is 2.79. The zero-order valence-corrected chi connectivity index (χ0v) is 10.5. The van der Waals surface area contributed by atoms with E-state index >= 15 is 0 Å². The molecule has 0 aliphatic carbocycles. The van der Waals surface area contributed by atoms with Crippen LogP contribution in [0.1, 0.15) is 11.1 Å². The molecule has 17 heavy (non-hydrogen) atoms. The molecular weight excluding hydrogens is 232 g/mol. The van der Waals surface area contributed by atoms with E-state index in [2.05, 4.69) is 19.1 Å². The maximum atomic E-state index is 11.7. The predicted octanol–water partition coefficient (Wildman–Crippen LogP) is 3.49. The van der Waals surface area contributed by atoms with Crippen LogP contribution in [0.5, 0.6) is 0 Å². The van der Waals surface area contributed by atoms with Gasteiger partial charge >= 0.3 is 0 Å². The molecule has 0 amide bonds. The van der Waals surface area contributed by atoms with Crippen molar-refractivity contribution >= 4 is 17.5 Å². The summed E-state index contributed by atoms with van der Waals surface area (Å²) in [6.45, 7) is 2.05. The Balaban J connectivity index is 1.84. The fourth-order valence-electron chi connectivity index (χ4n) is 1.54. The summed E-state index contributed by atoms with van der Waals surface area (Å²) in [5.74, 6) is 0.729. The largest absolute Gasteiger partial charge is 0.472 e. The van der Waals surface area contributed by atoms with Gasteiger partial charge in [-0.25, -0.2) is 0 Å². The van der Waals surface area contributed by atoms with Crippen LogP contribution in [0.3, 0.4) is 0 Å². The first kappa shape index (κ1) is 12.0. The normalized spacial score (nSPS) is 10.4. The summed E-state index contributed by atoms with van der Waals surface area (Å²) >= 11 is 1.58. The van der Waals surface area contributed by atoms with Gasteiger partial charge in [0.25, 0.3) is 0 Å². The topological polar surface area (TPSA) is 30.2 Å². The van der Waals surface area contributed by atoms with Crippen LogP contribution in [0.25, 0.3) is 0 Å². The molecule has 2 nitrogen and oxygen atoms in total. The molecule has 1 aromatic heterocycles. The number of hydrogen-bond donors (Lipinski definition) is 0. The van der Waals surface area contributed by atoms with Gasteiger partial charge in [0.1, 0.15) is 5.78 Å². The number of ketones is 1. The third-order valence-electron chi connectivity index (χ3n) is 2.37. The number of Topliss-reactive ketones (excluding diaryl/α,β-unsaturated/α-hetero) is 1. The molecule has 0 saturated heterocycles. The quantitative estimate of drug-likeness (QED) is 0.756. The molecule has 0 atom stereocenters. The Hall–Kier alpha value is -1.48. The van der Waals surface area contributed by atoms with E-state index in [1.54, 1.807) is 24.3 Å². The second-order valence-electron chi connectivity index (χ2n) is 3.95. The van der Waals surface area contributed by atoms with Crippen molar-refractivity contribution in [3.05, 3.63) is 54.0 Å². The van der Waals surface area contributed by atoms with Crippen molar-refractivity contribution in [2.24, 2.45) is 0 Å². The summed E-state index contributed by atoms with van der Waals surface area (Å²) in [6, 6.07) is 10.0. The minimum atomic E-state index is 0.220. The van der Waals surface area contributed by atoms with Gasteiger partial charge in [-0.05, 0) is 30.7 Å². The minimum absolute atomic E-state index is 0.220. The molecule has 2 aromatic rings. The van der Waals surface area contributed by atoms with Crippen molar-refractivity contribution < 1.29 is 9.21 Å². The second-order valence-corrected chi connectivity index (χ2v) is 5.00.